The fourth-order valence-electron chi connectivity index (χ4n) is 2.77. The van der Waals surface area contributed by atoms with Gasteiger partial charge in [-0.1, -0.05) is 23.7 Å². The molecule has 0 aromatic heterocycles. The van der Waals surface area contributed by atoms with Crippen LogP contribution in [0.15, 0.2) is 18.2 Å². The minimum absolute atomic E-state index is 0.0391. The fourth-order valence-corrected chi connectivity index (χ4v) is 3.02. The van der Waals surface area contributed by atoms with Gasteiger partial charge < -0.3 is 10.6 Å². The minimum Gasteiger partial charge on any atom is -0.384 e. The minimum atomic E-state index is -0.0391. The third-order valence-corrected chi connectivity index (χ3v) is 3.93. The molecule has 2 N–H and O–H groups in total. The average Bonchev–Trinajstić information content (AvgIpc) is 2.63. The van der Waals surface area contributed by atoms with Crippen molar-refractivity contribution in [2.75, 3.05) is 18.4 Å². The molecule has 1 aromatic carbocycles. The molecule has 3 nitrogen and oxygen atoms in total. The van der Waals surface area contributed by atoms with Gasteiger partial charge in [-0.2, -0.15) is 0 Å². The number of nitrogens with one attached hydrogen (secondary N) is 2. The second-order valence-corrected chi connectivity index (χ2v) is 4.98. The Morgan fingerprint density at radius 2 is 2.19 bits per heavy atom. The third kappa shape index (κ3) is 1.31. The van der Waals surface area contributed by atoms with E-state index < -0.39 is 0 Å². The maximum absolute atomic E-state index is 11.4. The summed E-state index contributed by atoms with van der Waals surface area (Å²) in [7, 11) is 0. The molecule has 3 rings (SSSR count). The van der Waals surface area contributed by atoms with Gasteiger partial charge in [-0.25, -0.2) is 0 Å². The molecule has 0 saturated carbocycles. The summed E-state index contributed by atoms with van der Waals surface area (Å²) >= 11 is 6.17. The molecule has 1 unspecified atom stereocenters. The first-order valence-corrected chi connectivity index (χ1v) is 5.89. The zero-order chi connectivity index (χ0) is 11.2. The van der Waals surface area contributed by atoms with Gasteiger partial charge in [0.2, 0.25) is 5.91 Å². The van der Waals surface area contributed by atoms with Crippen molar-refractivity contribution in [2.45, 2.75) is 18.3 Å². The van der Waals surface area contributed by atoms with Gasteiger partial charge in [0.15, 0.2) is 0 Å². The van der Waals surface area contributed by atoms with Crippen LogP contribution in [0.1, 0.15) is 18.4 Å². The first-order chi connectivity index (χ1) is 7.71. The molecule has 1 atom stereocenters. The number of halogens is 1. The van der Waals surface area contributed by atoms with Crippen LogP contribution in [0.5, 0.6) is 0 Å². The third-order valence-electron chi connectivity index (χ3n) is 3.61. The molecule has 2 heterocycles. The van der Waals surface area contributed by atoms with Gasteiger partial charge in [-0.05, 0) is 18.1 Å². The number of carbonyl (C=O) groups is 1. The van der Waals surface area contributed by atoms with Gasteiger partial charge in [0, 0.05) is 24.9 Å². The maximum atomic E-state index is 11.4. The van der Waals surface area contributed by atoms with Gasteiger partial charge in [-0.3, -0.25) is 4.79 Å². The number of carbonyl (C=O) groups excluding carboxylic acids is 1. The molecular formula is C12H13ClN2O. The van der Waals surface area contributed by atoms with E-state index in [1.807, 2.05) is 12.1 Å². The van der Waals surface area contributed by atoms with E-state index in [9.17, 15) is 4.79 Å². The number of anilines is 1. The Kier molecular flexibility index (Phi) is 2.11. The summed E-state index contributed by atoms with van der Waals surface area (Å²) in [6.45, 7) is 1.62. The van der Waals surface area contributed by atoms with Crippen LogP contribution in [-0.2, 0) is 10.2 Å². The normalized spacial score (nSPS) is 27.4. The zero-order valence-corrected chi connectivity index (χ0v) is 9.60. The van der Waals surface area contributed by atoms with Gasteiger partial charge in [0.05, 0.1) is 10.7 Å². The van der Waals surface area contributed by atoms with E-state index in [-0.39, 0.29) is 11.3 Å². The lowest BCUT2D eigenvalue weighted by Gasteiger charge is -2.35. The smallest absolute Gasteiger partial charge is 0.220 e. The van der Waals surface area contributed by atoms with Crippen LogP contribution in [0.4, 0.5) is 5.69 Å². The Morgan fingerprint density at radius 1 is 1.31 bits per heavy atom. The van der Waals surface area contributed by atoms with Crippen LogP contribution < -0.4 is 10.6 Å². The number of fused-ring (bicyclic) bond motifs is 2. The number of benzene rings is 1. The fraction of sp³-hybridized carbons (Fsp3) is 0.417. The van der Waals surface area contributed by atoms with E-state index in [0.717, 1.165) is 30.2 Å². The van der Waals surface area contributed by atoms with Crippen molar-refractivity contribution in [3.63, 3.8) is 0 Å². The summed E-state index contributed by atoms with van der Waals surface area (Å²) in [6, 6.07) is 5.92. The molecule has 1 fully saturated rings. The highest BCUT2D eigenvalue weighted by Gasteiger charge is 2.43. The summed E-state index contributed by atoms with van der Waals surface area (Å²) in [5.74, 6) is 0.146. The standard InChI is InChI=1S/C12H13ClN2O/c13-9-3-1-2-8-11(9)14-5-4-12(8)6-10(16)15-7-12/h1-3,14H,4-7H2,(H,15,16). The first-order valence-electron chi connectivity index (χ1n) is 5.51. The van der Waals surface area contributed by atoms with Crippen molar-refractivity contribution in [1.29, 1.82) is 0 Å². The highest BCUT2D eigenvalue weighted by Crippen LogP contribution is 2.44. The highest BCUT2D eigenvalue weighted by molar-refractivity contribution is 6.33. The number of rotatable bonds is 0. The highest BCUT2D eigenvalue weighted by atomic mass is 35.5. The molecular weight excluding hydrogens is 224 g/mol. The Hall–Kier alpha value is -1.22. The van der Waals surface area contributed by atoms with E-state index in [2.05, 4.69) is 16.7 Å². The maximum Gasteiger partial charge on any atom is 0.220 e. The number of amides is 1. The van der Waals surface area contributed by atoms with Crippen molar-refractivity contribution in [2.24, 2.45) is 0 Å². The van der Waals surface area contributed by atoms with Crippen molar-refractivity contribution < 1.29 is 4.79 Å². The van der Waals surface area contributed by atoms with E-state index in [0.29, 0.717) is 6.42 Å². The van der Waals surface area contributed by atoms with Crippen molar-refractivity contribution in [3.05, 3.63) is 28.8 Å². The SMILES string of the molecule is O=C1CC2(CCNc3c(Cl)cccc32)CN1. The first kappa shape index (κ1) is 9.97. The number of para-hydroxylation sites is 1. The summed E-state index contributed by atoms with van der Waals surface area (Å²) in [5, 5.41) is 7.00. The van der Waals surface area contributed by atoms with Crippen LogP contribution in [0.25, 0.3) is 0 Å². The quantitative estimate of drug-likeness (QED) is 0.723. The summed E-state index contributed by atoms with van der Waals surface area (Å²) in [6.07, 6.45) is 1.57. The molecule has 84 valence electrons. The van der Waals surface area contributed by atoms with Gasteiger partial charge in [-0.15, -0.1) is 0 Å². The van der Waals surface area contributed by atoms with E-state index in [1.165, 1.54) is 5.56 Å². The molecule has 4 heteroatoms. The largest absolute Gasteiger partial charge is 0.384 e. The van der Waals surface area contributed by atoms with E-state index >= 15 is 0 Å². The lowest BCUT2D eigenvalue weighted by Crippen LogP contribution is -2.36. The van der Waals surface area contributed by atoms with E-state index in [4.69, 9.17) is 11.6 Å². The number of hydrogen-bond donors (Lipinski definition) is 2. The van der Waals surface area contributed by atoms with Gasteiger partial charge >= 0.3 is 0 Å². The average molecular weight is 237 g/mol. The molecule has 2 aliphatic rings. The molecule has 0 aliphatic carbocycles. The topological polar surface area (TPSA) is 41.1 Å². The van der Waals surface area contributed by atoms with Crippen LogP contribution in [-0.4, -0.2) is 19.0 Å². The zero-order valence-electron chi connectivity index (χ0n) is 8.85. The van der Waals surface area contributed by atoms with Crippen LogP contribution in [0.2, 0.25) is 5.02 Å². The molecule has 1 spiro atoms. The van der Waals surface area contributed by atoms with Gasteiger partial charge in [0.1, 0.15) is 0 Å². The van der Waals surface area contributed by atoms with Crippen LogP contribution >= 0.6 is 11.6 Å². The summed E-state index contributed by atoms with van der Waals surface area (Å²) in [4.78, 5) is 11.4. The molecule has 0 radical (unpaired) electrons. The summed E-state index contributed by atoms with van der Waals surface area (Å²) in [5.41, 5.74) is 2.15. The van der Waals surface area contributed by atoms with Gasteiger partial charge in [0.25, 0.3) is 0 Å². The molecule has 2 aliphatic heterocycles. The predicted molar refractivity (Wildman–Crippen MR) is 63.9 cm³/mol. The Morgan fingerprint density at radius 3 is 2.94 bits per heavy atom. The predicted octanol–water partition coefficient (Wildman–Crippen LogP) is 1.91. The summed E-state index contributed by atoms with van der Waals surface area (Å²) < 4.78 is 0. The molecule has 0 bridgehead atoms. The van der Waals surface area contributed by atoms with Crippen molar-refractivity contribution in [3.8, 4) is 0 Å². The van der Waals surface area contributed by atoms with Crippen LogP contribution in [0, 0.1) is 0 Å². The Balaban J connectivity index is 2.13. The lowest BCUT2D eigenvalue weighted by atomic mass is 9.74. The Labute approximate surface area is 99.2 Å². The second kappa shape index (κ2) is 3.39. The van der Waals surface area contributed by atoms with Crippen LogP contribution in [0.3, 0.4) is 0 Å². The molecule has 1 saturated heterocycles. The monoisotopic (exact) mass is 236 g/mol. The number of hydrogen-bond acceptors (Lipinski definition) is 2. The second-order valence-electron chi connectivity index (χ2n) is 4.57. The van der Waals surface area contributed by atoms with Crippen molar-refractivity contribution in [1.82, 2.24) is 5.32 Å². The van der Waals surface area contributed by atoms with Crippen molar-refractivity contribution >= 4 is 23.2 Å². The van der Waals surface area contributed by atoms with E-state index in [1.54, 1.807) is 0 Å². The molecule has 16 heavy (non-hydrogen) atoms. The molecule has 1 amide bonds. The Bertz CT molecular complexity index is 460. The molecule has 1 aromatic rings. The lowest BCUT2D eigenvalue weighted by molar-refractivity contribution is -0.119.